The summed E-state index contributed by atoms with van der Waals surface area (Å²) >= 11 is 0. The van der Waals surface area contributed by atoms with Gasteiger partial charge in [0.2, 0.25) is 0 Å². The van der Waals surface area contributed by atoms with Crippen molar-refractivity contribution in [2.24, 2.45) is 0 Å². The van der Waals surface area contributed by atoms with Crippen LogP contribution in [0.2, 0.25) is 0 Å². The molecule has 0 N–H and O–H groups in total. The van der Waals surface area contributed by atoms with E-state index in [2.05, 4.69) is 109 Å². The molecule has 0 radical (unpaired) electrons. The molecule has 4 nitrogen and oxygen atoms in total. The molecule has 7 aromatic carbocycles. The molecule has 0 amide bonds. The van der Waals surface area contributed by atoms with Crippen LogP contribution in [-0.2, 0) is 0 Å². The Morgan fingerprint density at radius 1 is 0.413 bits per heavy atom. The van der Waals surface area contributed by atoms with Crippen LogP contribution in [0.5, 0.6) is 0 Å². The first-order valence-electron chi connectivity index (χ1n) is 15.0. The van der Waals surface area contributed by atoms with Crippen LogP contribution in [0.15, 0.2) is 146 Å². The van der Waals surface area contributed by atoms with Gasteiger partial charge in [-0.25, -0.2) is 9.97 Å². The fourth-order valence-corrected chi connectivity index (χ4v) is 6.28. The standard InChI is InChI=1S/C42H24N4/c43-25-27-15-19-31(20-16-27)40-39-24-33(36-13-5-9-29-7-1-3-11-34(29)36)23-38(37-14-6-10-30-8-2-4-12-35(30)37)41(39)46-42(45-40)32-21-17-28(26-44)18-22-32/h1-24H. The first-order valence-corrected chi connectivity index (χ1v) is 15.0. The van der Waals surface area contributed by atoms with E-state index in [9.17, 15) is 10.5 Å². The van der Waals surface area contributed by atoms with Gasteiger partial charge < -0.3 is 0 Å². The molecule has 1 aromatic heterocycles. The Kier molecular flexibility index (Phi) is 6.53. The first-order chi connectivity index (χ1) is 22.7. The van der Waals surface area contributed by atoms with Gasteiger partial charge in [0.05, 0.1) is 34.5 Å². The van der Waals surface area contributed by atoms with Crippen molar-refractivity contribution in [2.75, 3.05) is 0 Å². The summed E-state index contributed by atoms with van der Waals surface area (Å²) in [5, 5.41) is 24.5. The molecule has 0 aliphatic rings. The molecular weight excluding hydrogens is 560 g/mol. The number of aromatic nitrogens is 2. The SMILES string of the molecule is N#Cc1ccc(-c2nc(-c3ccc(C#N)cc3)c3cc(-c4cccc5ccccc45)cc(-c4cccc5ccccc45)c3n2)cc1. The maximum atomic E-state index is 9.51. The summed E-state index contributed by atoms with van der Waals surface area (Å²) in [5.41, 5.74) is 8.75. The van der Waals surface area contributed by atoms with Crippen LogP contribution in [0, 0.1) is 22.7 Å². The van der Waals surface area contributed by atoms with Gasteiger partial charge >= 0.3 is 0 Å². The maximum Gasteiger partial charge on any atom is 0.160 e. The summed E-state index contributed by atoms with van der Waals surface area (Å²) < 4.78 is 0. The van der Waals surface area contributed by atoms with Crippen LogP contribution in [-0.4, -0.2) is 9.97 Å². The number of nitriles is 2. The summed E-state index contributed by atoms with van der Waals surface area (Å²) in [7, 11) is 0. The minimum atomic E-state index is 0.566. The summed E-state index contributed by atoms with van der Waals surface area (Å²) in [6, 6.07) is 53.5. The molecule has 0 saturated carbocycles. The zero-order valence-electron chi connectivity index (χ0n) is 24.6. The Bertz CT molecular complexity index is 2520. The van der Waals surface area contributed by atoms with E-state index in [1.54, 1.807) is 12.1 Å². The Morgan fingerprint density at radius 2 is 0.957 bits per heavy atom. The van der Waals surface area contributed by atoms with E-state index in [0.717, 1.165) is 60.8 Å². The van der Waals surface area contributed by atoms with Crippen LogP contribution in [0.1, 0.15) is 11.1 Å². The molecular formula is C42H24N4. The summed E-state index contributed by atoms with van der Waals surface area (Å²) in [4.78, 5) is 10.4. The van der Waals surface area contributed by atoms with Crippen LogP contribution < -0.4 is 0 Å². The zero-order chi connectivity index (χ0) is 31.0. The van der Waals surface area contributed by atoms with Gasteiger partial charge in [-0.3, -0.25) is 0 Å². The third-order valence-corrected chi connectivity index (χ3v) is 8.54. The van der Waals surface area contributed by atoms with Crippen molar-refractivity contribution in [3.63, 3.8) is 0 Å². The van der Waals surface area contributed by atoms with Gasteiger partial charge in [0, 0.05) is 22.1 Å². The Morgan fingerprint density at radius 3 is 1.59 bits per heavy atom. The molecule has 0 saturated heterocycles. The number of fused-ring (bicyclic) bond motifs is 3. The van der Waals surface area contributed by atoms with Crippen molar-refractivity contribution in [3.05, 3.63) is 157 Å². The topological polar surface area (TPSA) is 73.4 Å². The highest BCUT2D eigenvalue weighted by Gasteiger charge is 2.19. The minimum absolute atomic E-state index is 0.566. The molecule has 4 heteroatoms. The molecule has 0 fully saturated rings. The summed E-state index contributed by atoms with van der Waals surface area (Å²) in [6.07, 6.45) is 0. The second-order valence-electron chi connectivity index (χ2n) is 11.2. The van der Waals surface area contributed by atoms with E-state index in [4.69, 9.17) is 9.97 Å². The molecule has 46 heavy (non-hydrogen) atoms. The molecule has 8 aromatic rings. The monoisotopic (exact) mass is 584 g/mol. The third-order valence-electron chi connectivity index (χ3n) is 8.54. The van der Waals surface area contributed by atoms with Crippen molar-refractivity contribution >= 4 is 32.4 Å². The normalized spacial score (nSPS) is 11.0. The van der Waals surface area contributed by atoms with E-state index < -0.39 is 0 Å². The van der Waals surface area contributed by atoms with Crippen LogP contribution in [0.4, 0.5) is 0 Å². The quantitative estimate of drug-likeness (QED) is 0.206. The largest absolute Gasteiger partial charge is 0.227 e. The molecule has 0 bridgehead atoms. The number of hydrogen-bond acceptors (Lipinski definition) is 4. The zero-order valence-corrected chi connectivity index (χ0v) is 24.6. The van der Waals surface area contributed by atoms with Gasteiger partial charge in [0.15, 0.2) is 5.82 Å². The first kappa shape index (κ1) is 27.0. The second-order valence-corrected chi connectivity index (χ2v) is 11.2. The van der Waals surface area contributed by atoms with Gasteiger partial charge in [0.25, 0.3) is 0 Å². The average Bonchev–Trinajstić information content (AvgIpc) is 3.13. The van der Waals surface area contributed by atoms with Crippen LogP contribution in [0.25, 0.3) is 77.3 Å². The molecule has 0 unspecified atom stereocenters. The predicted molar refractivity (Wildman–Crippen MR) is 186 cm³/mol. The predicted octanol–water partition coefficient (Wildman–Crippen LogP) is 10.3. The summed E-state index contributed by atoms with van der Waals surface area (Å²) in [5.74, 6) is 0.566. The summed E-state index contributed by atoms with van der Waals surface area (Å²) in [6.45, 7) is 0. The number of rotatable bonds is 4. The molecule has 212 valence electrons. The van der Waals surface area contributed by atoms with Gasteiger partial charge in [-0.15, -0.1) is 0 Å². The van der Waals surface area contributed by atoms with Crippen molar-refractivity contribution < 1.29 is 0 Å². The lowest BCUT2D eigenvalue weighted by atomic mass is 9.90. The smallest absolute Gasteiger partial charge is 0.160 e. The second kappa shape index (κ2) is 11.1. The van der Waals surface area contributed by atoms with Crippen LogP contribution in [0.3, 0.4) is 0 Å². The van der Waals surface area contributed by atoms with Crippen molar-refractivity contribution in [2.45, 2.75) is 0 Å². The van der Waals surface area contributed by atoms with Gasteiger partial charge in [-0.2, -0.15) is 10.5 Å². The molecule has 0 aliphatic heterocycles. The fraction of sp³-hybridized carbons (Fsp3) is 0. The fourth-order valence-electron chi connectivity index (χ4n) is 6.28. The molecule has 0 atom stereocenters. The highest BCUT2D eigenvalue weighted by molar-refractivity contribution is 6.10. The van der Waals surface area contributed by atoms with Crippen molar-refractivity contribution in [3.8, 4) is 57.0 Å². The Labute approximate surface area is 266 Å². The Hall–Kier alpha value is -6.62. The van der Waals surface area contributed by atoms with E-state index in [1.807, 2.05) is 36.4 Å². The van der Waals surface area contributed by atoms with Crippen molar-refractivity contribution in [1.82, 2.24) is 9.97 Å². The van der Waals surface area contributed by atoms with E-state index in [-0.39, 0.29) is 0 Å². The average molecular weight is 585 g/mol. The van der Waals surface area contributed by atoms with Gasteiger partial charge in [-0.05, 0) is 86.8 Å². The van der Waals surface area contributed by atoms with E-state index >= 15 is 0 Å². The van der Waals surface area contributed by atoms with Gasteiger partial charge in [-0.1, -0.05) is 97.1 Å². The van der Waals surface area contributed by atoms with E-state index in [0.29, 0.717) is 17.0 Å². The highest BCUT2D eigenvalue weighted by Crippen LogP contribution is 2.41. The lowest BCUT2D eigenvalue weighted by molar-refractivity contribution is 1.23. The molecule has 1 heterocycles. The van der Waals surface area contributed by atoms with Crippen molar-refractivity contribution in [1.29, 1.82) is 10.5 Å². The highest BCUT2D eigenvalue weighted by atomic mass is 14.9. The van der Waals surface area contributed by atoms with Crippen LogP contribution >= 0.6 is 0 Å². The number of nitrogens with zero attached hydrogens (tertiary/aromatic N) is 4. The number of hydrogen-bond donors (Lipinski definition) is 0. The number of benzene rings is 7. The Balaban J connectivity index is 1.51. The maximum absolute atomic E-state index is 9.51. The lowest BCUT2D eigenvalue weighted by Gasteiger charge is -2.17. The van der Waals surface area contributed by atoms with Gasteiger partial charge in [0.1, 0.15) is 0 Å². The third kappa shape index (κ3) is 4.63. The molecule has 0 spiro atoms. The lowest BCUT2D eigenvalue weighted by Crippen LogP contribution is -1.98. The molecule has 8 rings (SSSR count). The minimum Gasteiger partial charge on any atom is -0.227 e. The molecule has 0 aliphatic carbocycles. The van der Waals surface area contributed by atoms with E-state index in [1.165, 1.54) is 10.8 Å².